The van der Waals surface area contributed by atoms with Crippen LogP contribution in [0.2, 0.25) is 0 Å². The molecule has 0 saturated carbocycles. The van der Waals surface area contributed by atoms with E-state index in [1.165, 1.54) is 18.3 Å². The van der Waals surface area contributed by atoms with Crippen LogP contribution >= 0.6 is 0 Å². The SMILES string of the molecule is O=C(c1ccc(F)nc1)c1ccc2c(c1)c(F)nn2C1CCOCC1. The summed E-state index contributed by atoms with van der Waals surface area (Å²) in [4.78, 5) is 16.0. The minimum Gasteiger partial charge on any atom is -0.381 e. The van der Waals surface area contributed by atoms with Crippen LogP contribution in [0.15, 0.2) is 36.5 Å². The Labute approximate surface area is 142 Å². The second-order valence-corrected chi connectivity index (χ2v) is 6.01. The van der Waals surface area contributed by atoms with Gasteiger partial charge in [0, 0.05) is 30.5 Å². The Bertz CT molecular complexity index is 931. The number of ketones is 1. The number of halogens is 2. The van der Waals surface area contributed by atoms with E-state index in [0.29, 0.717) is 29.7 Å². The van der Waals surface area contributed by atoms with E-state index in [-0.39, 0.29) is 17.4 Å². The quantitative estimate of drug-likeness (QED) is 0.541. The third kappa shape index (κ3) is 2.91. The maximum atomic E-state index is 14.3. The van der Waals surface area contributed by atoms with E-state index < -0.39 is 11.9 Å². The molecule has 1 fully saturated rings. The molecule has 3 heterocycles. The van der Waals surface area contributed by atoms with Gasteiger partial charge in [0.1, 0.15) is 0 Å². The largest absolute Gasteiger partial charge is 0.381 e. The number of carbonyl (C=O) groups excluding carboxylic acids is 1. The number of ether oxygens (including phenoxy) is 1. The van der Waals surface area contributed by atoms with E-state index >= 15 is 0 Å². The molecular formula is C18H15F2N3O2. The van der Waals surface area contributed by atoms with Gasteiger partial charge in [-0.3, -0.25) is 9.48 Å². The van der Waals surface area contributed by atoms with Crippen molar-refractivity contribution < 1.29 is 18.3 Å². The summed E-state index contributed by atoms with van der Waals surface area (Å²) in [6.45, 7) is 1.25. The van der Waals surface area contributed by atoms with Gasteiger partial charge in [0.05, 0.1) is 16.9 Å². The molecule has 0 N–H and O–H groups in total. The fourth-order valence-electron chi connectivity index (χ4n) is 3.13. The van der Waals surface area contributed by atoms with Crippen molar-refractivity contribution in [2.45, 2.75) is 18.9 Å². The monoisotopic (exact) mass is 343 g/mol. The number of hydrogen-bond acceptors (Lipinski definition) is 4. The highest BCUT2D eigenvalue weighted by molar-refractivity contribution is 6.10. The maximum absolute atomic E-state index is 14.3. The Morgan fingerprint density at radius 2 is 1.88 bits per heavy atom. The van der Waals surface area contributed by atoms with Crippen LogP contribution in [0.25, 0.3) is 10.9 Å². The number of benzene rings is 1. The van der Waals surface area contributed by atoms with Crippen molar-refractivity contribution >= 4 is 16.7 Å². The van der Waals surface area contributed by atoms with Crippen LogP contribution in [0.1, 0.15) is 34.8 Å². The standard InChI is InChI=1S/C18H15F2N3O2/c19-16-4-2-12(10-21-16)17(24)11-1-3-15-14(9-11)18(20)22-23(15)13-5-7-25-8-6-13/h1-4,9-10,13H,5-8H2. The molecule has 0 atom stereocenters. The smallest absolute Gasteiger partial charge is 0.240 e. The van der Waals surface area contributed by atoms with Crippen molar-refractivity contribution in [3.8, 4) is 0 Å². The van der Waals surface area contributed by atoms with Crippen molar-refractivity contribution in [2.75, 3.05) is 13.2 Å². The van der Waals surface area contributed by atoms with Crippen molar-refractivity contribution in [3.05, 3.63) is 59.6 Å². The lowest BCUT2D eigenvalue weighted by molar-refractivity contribution is 0.0670. The fourth-order valence-corrected chi connectivity index (χ4v) is 3.13. The predicted molar refractivity (Wildman–Crippen MR) is 86.4 cm³/mol. The van der Waals surface area contributed by atoms with Crippen molar-refractivity contribution in [3.63, 3.8) is 0 Å². The second-order valence-electron chi connectivity index (χ2n) is 6.01. The molecule has 1 saturated heterocycles. The minimum atomic E-state index is -0.657. The molecule has 2 aromatic heterocycles. The highest BCUT2D eigenvalue weighted by Crippen LogP contribution is 2.28. The van der Waals surface area contributed by atoms with Gasteiger partial charge in [0.15, 0.2) is 5.78 Å². The van der Waals surface area contributed by atoms with Gasteiger partial charge in [-0.2, -0.15) is 8.78 Å². The average Bonchev–Trinajstić information content (AvgIpc) is 2.99. The molecule has 0 radical (unpaired) electrons. The highest BCUT2D eigenvalue weighted by atomic mass is 19.1. The first kappa shape index (κ1) is 15.8. The zero-order valence-corrected chi connectivity index (χ0v) is 13.3. The zero-order valence-electron chi connectivity index (χ0n) is 13.3. The summed E-state index contributed by atoms with van der Waals surface area (Å²) in [5.74, 6) is -1.60. The van der Waals surface area contributed by atoms with Gasteiger partial charge >= 0.3 is 0 Å². The molecule has 1 aromatic carbocycles. The summed E-state index contributed by atoms with van der Waals surface area (Å²) in [6.07, 6.45) is 2.72. The Morgan fingerprint density at radius 1 is 1.12 bits per heavy atom. The molecular weight excluding hydrogens is 328 g/mol. The van der Waals surface area contributed by atoms with Crippen LogP contribution in [-0.4, -0.2) is 33.8 Å². The maximum Gasteiger partial charge on any atom is 0.240 e. The third-order valence-electron chi connectivity index (χ3n) is 4.45. The number of fused-ring (bicyclic) bond motifs is 1. The molecule has 4 rings (SSSR count). The molecule has 1 aliphatic heterocycles. The lowest BCUT2D eigenvalue weighted by atomic mass is 10.0. The molecule has 1 aliphatic rings. The lowest BCUT2D eigenvalue weighted by Crippen LogP contribution is -2.20. The summed E-state index contributed by atoms with van der Waals surface area (Å²) in [5, 5.41) is 4.32. The van der Waals surface area contributed by atoms with Gasteiger partial charge in [-0.15, -0.1) is 5.10 Å². The van der Waals surface area contributed by atoms with Gasteiger partial charge in [-0.05, 0) is 43.2 Å². The number of nitrogens with zero attached hydrogens (tertiary/aromatic N) is 3. The number of rotatable bonds is 3. The molecule has 3 aromatic rings. The van der Waals surface area contributed by atoms with Gasteiger partial charge in [0.2, 0.25) is 11.9 Å². The van der Waals surface area contributed by atoms with Crippen LogP contribution in [0.5, 0.6) is 0 Å². The van der Waals surface area contributed by atoms with Crippen LogP contribution < -0.4 is 0 Å². The minimum absolute atomic E-state index is 0.0867. The number of pyridine rings is 1. The number of hydrogen-bond donors (Lipinski definition) is 0. The van der Waals surface area contributed by atoms with Crippen LogP contribution in [0, 0.1) is 11.9 Å². The molecule has 0 amide bonds. The van der Waals surface area contributed by atoms with Gasteiger partial charge in [-0.25, -0.2) is 4.98 Å². The fraction of sp³-hybridized carbons (Fsp3) is 0.278. The van der Waals surface area contributed by atoms with Gasteiger partial charge < -0.3 is 4.74 Å². The van der Waals surface area contributed by atoms with E-state index in [9.17, 15) is 13.6 Å². The first-order chi connectivity index (χ1) is 12.1. The molecule has 25 heavy (non-hydrogen) atoms. The van der Waals surface area contributed by atoms with Crippen LogP contribution in [0.4, 0.5) is 8.78 Å². The molecule has 7 heteroatoms. The van der Waals surface area contributed by atoms with E-state index in [4.69, 9.17) is 4.74 Å². The first-order valence-corrected chi connectivity index (χ1v) is 8.05. The normalized spacial score (nSPS) is 15.6. The molecule has 0 unspecified atom stereocenters. The van der Waals surface area contributed by atoms with Crippen molar-refractivity contribution in [2.24, 2.45) is 0 Å². The molecule has 5 nitrogen and oxygen atoms in total. The lowest BCUT2D eigenvalue weighted by Gasteiger charge is -2.22. The summed E-state index contributed by atoms with van der Waals surface area (Å²) in [7, 11) is 0. The van der Waals surface area contributed by atoms with Crippen molar-refractivity contribution in [1.29, 1.82) is 0 Å². The summed E-state index contributed by atoms with van der Waals surface area (Å²) in [5.41, 5.74) is 1.21. The molecule has 128 valence electrons. The highest BCUT2D eigenvalue weighted by Gasteiger charge is 2.22. The zero-order chi connectivity index (χ0) is 17.4. The van der Waals surface area contributed by atoms with Gasteiger partial charge in [0.25, 0.3) is 0 Å². The van der Waals surface area contributed by atoms with E-state index in [1.54, 1.807) is 16.8 Å². The van der Waals surface area contributed by atoms with Crippen LogP contribution in [-0.2, 0) is 4.74 Å². The van der Waals surface area contributed by atoms with Gasteiger partial charge in [-0.1, -0.05) is 0 Å². The topological polar surface area (TPSA) is 57.0 Å². The average molecular weight is 343 g/mol. The Hall–Kier alpha value is -2.67. The second kappa shape index (κ2) is 6.33. The molecule has 0 aliphatic carbocycles. The first-order valence-electron chi connectivity index (χ1n) is 8.05. The number of carbonyl (C=O) groups is 1. The Balaban J connectivity index is 1.72. The third-order valence-corrected chi connectivity index (χ3v) is 4.45. The van der Waals surface area contributed by atoms with E-state index in [2.05, 4.69) is 10.1 Å². The summed E-state index contributed by atoms with van der Waals surface area (Å²) >= 11 is 0. The Morgan fingerprint density at radius 3 is 2.60 bits per heavy atom. The Kier molecular flexibility index (Phi) is 4.01. The van der Waals surface area contributed by atoms with Crippen LogP contribution in [0.3, 0.4) is 0 Å². The van der Waals surface area contributed by atoms with E-state index in [0.717, 1.165) is 18.9 Å². The van der Waals surface area contributed by atoms with E-state index in [1.807, 2.05) is 0 Å². The summed E-state index contributed by atoms with van der Waals surface area (Å²) < 4.78 is 34.2. The summed E-state index contributed by atoms with van der Waals surface area (Å²) in [6, 6.07) is 7.38. The predicted octanol–water partition coefficient (Wildman–Crippen LogP) is 3.29. The number of aromatic nitrogens is 3. The van der Waals surface area contributed by atoms with Crippen molar-refractivity contribution in [1.82, 2.24) is 14.8 Å². The molecule has 0 spiro atoms. The molecule has 0 bridgehead atoms.